The highest BCUT2D eigenvalue weighted by Gasteiger charge is 2.17. The molecule has 0 spiro atoms. The van der Waals surface area contributed by atoms with Gasteiger partial charge >= 0.3 is 5.97 Å². The minimum absolute atomic E-state index is 0. The van der Waals surface area contributed by atoms with Gasteiger partial charge in [0.1, 0.15) is 0 Å². The van der Waals surface area contributed by atoms with E-state index in [9.17, 15) is 9.90 Å². The number of hydrogen-bond acceptors (Lipinski definition) is 3. The monoisotopic (exact) mass is 317 g/mol. The predicted molar refractivity (Wildman–Crippen MR) is 87.6 cm³/mol. The number of carbonyl (C=O) groups is 1. The van der Waals surface area contributed by atoms with E-state index in [2.05, 4.69) is 10.1 Å². The number of halogens is 1. The number of aromatic carboxylic acids is 1. The standard InChI is InChI=1S/C16H15N3O2.ClH/c1-9-15(10(2)19(3)18-9)14-8-12(16(20)21)11-6-4-5-7-13(11)17-14;/h4-8H,1-3H3,(H,20,21);1H. The number of fused-ring (bicyclic) bond motifs is 1. The number of benzene rings is 1. The largest absolute Gasteiger partial charge is 0.478 e. The maximum Gasteiger partial charge on any atom is 0.336 e. The molecule has 0 aliphatic heterocycles. The topological polar surface area (TPSA) is 68.0 Å². The zero-order valence-electron chi connectivity index (χ0n) is 12.5. The summed E-state index contributed by atoms with van der Waals surface area (Å²) in [7, 11) is 1.87. The SMILES string of the molecule is Cc1nn(C)c(C)c1-c1cc(C(=O)O)c2ccccc2n1.Cl. The fraction of sp³-hybridized carbons (Fsp3) is 0.188. The lowest BCUT2D eigenvalue weighted by molar-refractivity contribution is 0.0699. The highest BCUT2D eigenvalue weighted by atomic mass is 35.5. The van der Waals surface area contributed by atoms with Crippen LogP contribution in [0.15, 0.2) is 30.3 Å². The van der Waals surface area contributed by atoms with E-state index >= 15 is 0 Å². The minimum Gasteiger partial charge on any atom is -0.478 e. The summed E-state index contributed by atoms with van der Waals surface area (Å²) in [5.41, 5.74) is 4.29. The summed E-state index contributed by atoms with van der Waals surface area (Å²) in [6, 6.07) is 8.90. The van der Waals surface area contributed by atoms with Gasteiger partial charge in [-0.2, -0.15) is 5.10 Å². The molecule has 6 heteroatoms. The van der Waals surface area contributed by atoms with E-state index in [0.717, 1.165) is 17.0 Å². The number of carboxylic acid groups (broad SMARTS) is 1. The summed E-state index contributed by atoms with van der Waals surface area (Å²) in [4.78, 5) is 16.1. The lowest BCUT2D eigenvalue weighted by atomic mass is 10.0. The summed E-state index contributed by atoms with van der Waals surface area (Å²) in [5, 5.41) is 14.5. The first-order valence-corrected chi connectivity index (χ1v) is 6.62. The summed E-state index contributed by atoms with van der Waals surface area (Å²) < 4.78 is 1.78. The van der Waals surface area contributed by atoms with E-state index in [1.807, 2.05) is 39.1 Å². The number of aryl methyl sites for hydroxylation is 2. The third kappa shape index (κ3) is 2.44. The Bertz CT molecular complexity index is 871. The van der Waals surface area contributed by atoms with Crippen molar-refractivity contribution in [1.82, 2.24) is 14.8 Å². The van der Waals surface area contributed by atoms with Gasteiger partial charge in [-0.3, -0.25) is 4.68 Å². The van der Waals surface area contributed by atoms with E-state index in [1.165, 1.54) is 0 Å². The number of aromatic nitrogens is 3. The minimum atomic E-state index is -0.950. The van der Waals surface area contributed by atoms with E-state index in [0.29, 0.717) is 16.6 Å². The van der Waals surface area contributed by atoms with Crippen LogP contribution >= 0.6 is 12.4 Å². The van der Waals surface area contributed by atoms with Crippen LogP contribution in [0.2, 0.25) is 0 Å². The molecule has 0 bridgehead atoms. The predicted octanol–water partition coefficient (Wildman–Crippen LogP) is 3.37. The summed E-state index contributed by atoms with van der Waals surface area (Å²) in [5.74, 6) is -0.950. The Morgan fingerprint density at radius 3 is 2.50 bits per heavy atom. The van der Waals surface area contributed by atoms with Crippen molar-refractivity contribution in [1.29, 1.82) is 0 Å². The molecule has 3 rings (SSSR count). The third-order valence-corrected chi connectivity index (χ3v) is 3.71. The smallest absolute Gasteiger partial charge is 0.336 e. The third-order valence-electron chi connectivity index (χ3n) is 3.71. The van der Waals surface area contributed by atoms with Crippen molar-refractivity contribution in [2.45, 2.75) is 13.8 Å². The maximum absolute atomic E-state index is 11.5. The van der Waals surface area contributed by atoms with Crippen molar-refractivity contribution in [3.05, 3.63) is 47.3 Å². The first-order chi connectivity index (χ1) is 9.99. The van der Waals surface area contributed by atoms with Crippen LogP contribution in [0, 0.1) is 13.8 Å². The molecule has 1 N–H and O–H groups in total. The van der Waals surface area contributed by atoms with E-state index < -0.39 is 5.97 Å². The Hall–Kier alpha value is -2.40. The average molecular weight is 318 g/mol. The zero-order chi connectivity index (χ0) is 15.1. The molecule has 2 heterocycles. The van der Waals surface area contributed by atoms with Crippen LogP contribution in [0.1, 0.15) is 21.7 Å². The maximum atomic E-state index is 11.5. The Morgan fingerprint density at radius 2 is 1.91 bits per heavy atom. The van der Waals surface area contributed by atoms with Crippen LogP contribution < -0.4 is 0 Å². The first-order valence-electron chi connectivity index (χ1n) is 6.62. The fourth-order valence-electron chi connectivity index (χ4n) is 2.62. The molecule has 0 saturated carbocycles. The van der Waals surface area contributed by atoms with Gasteiger partial charge in [-0.05, 0) is 26.0 Å². The molecule has 114 valence electrons. The first kappa shape index (κ1) is 16.0. The fourth-order valence-corrected chi connectivity index (χ4v) is 2.62. The molecule has 3 aromatic rings. The van der Waals surface area contributed by atoms with Crippen LogP contribution in [0.4, 0.5) is 0 Å². The van der Waals surface area contributed by atoms with E-state index in [4.69, 9.17) is 0 Å². The van der Waals surface area contributed by atoms with Gasteiger partial charge in [0.05, 0.1) is 22.5 Å². The summed E-state index contributed by atoms with van der Waals surface area (Å²) >= 11 is 0. The molecular weight excluding hydrogens is 302 g/mol. The van der Waals surface area contributed by atoms with Gasteiger partial charge < -0.3 is 5.11 Å². The Kier molecular flexibility index (Phi) is 4.19. The number of rotatable bonds is 2. The molecule has 0 amide bonds. The number of nitrogens with zero attached hydrogens (tertiary/aromatic N) is 3. The molecule has 0 aliphatic rings. The lowest BCUT2D eigenvalue weighted by Gasteiger charge is -2.07. The van der Waals surface area contributed by atoms with Crippen LogP contribution in [-0.2, 0) is 7.05 Å². The van der Waals surface area contributed by atoms with Gasteiger partial charge in [0.2, 0.25) is 0 Å². The van der Waals surface area contributed by atoms with Gasteiger partial charge in [0.15, 0.2) is 0 Å². The van der Waals surface area contributed by atoms with Crippen LogP contribution in [0.25, 0.3) is 22.2 Å². The van der Waals surface area contributed by atoms with Crippen molar-refractivity contribution < 1.29 is 9.90 Å². The molecular formula is C16H16ClN3O2. The highest BCUT2D eigenvalue weighted by molar-refractivity contribution is 6.03. The van der Waals surface area contributed by atoms with Crippen LogP contribution in [-0.4, -0.2) is 25.8 Å². The summed E-state index contributed by atoms with van der Waals surface area (Å²) in [6.07, 6.45) is 0. The number of hydrogen-bond donors (Lipinski definition) is 1. The van der Waals surface area contributed by atoms with Crippen LogP contribution in [0.3, 0.4) is 0 Å². The van der Waals surface area contributed by atoms with E-state index in [-0.39, 0.29) is 18.0 Å². The second-order valence-corrected chi connectivity index (χ2v) is 5.05. The summed E-state index contributed by atoms with van der Waals surface area (Å²) in [6.45, 7) is 3.85. The van der Waals surface area contributed by atoms with Crippen molar-refractivity contribution >= 4 is 29.3 Å². The van der Waals surface area contributed by atoms with Gasteiger partial charge in [-0.15, -0.1) is 12.4 Å². The Balaban J connectivity index is 0.00000176. The molecule has 0 fully saturated rings. The number of pyridine rings is 1. The van der Waals surface area contributed by atoms with Crippen molar-refractivity contribution in [3.8, 4) is 11.3 Å². The number of para-hydroxylation sites is 1. The Labute approximate surface area is 134 Å². The molecule has 0 radical (unpaired) electrons. The molecule has 0 unspecified atom stereocenters. The molecule has 2 aromatic heterocycles. The van der Waals surface area contributed by atoms with Crippen LogP contribution in [0.5, 0.6) is 0 Å². The van der Waals surface area contributed by atoms with Gasteiger partial charge in [0, 0.05) is 23.7 Å². The van der Waals surface area contributed by atoms with Crippen molar-refractivity contribution in [2.24, 2.45) is 7.05 Å². The van der Waals surface area contributed by atoms with Gasteiger partial charge in [0.25, 0.3) is 0 Å². The molecule has 0 aliphatic carbocycles. The second kappa shape index (κ2) is 5.77. The second-order valence-electron chi connectivity index (χ2n) is 5.05. The normalized spacial score (nSPS) is 10.5. The average Bonchev–Trinajstić information content (AvgIpc) is 2.70. The van der Waals surface area contributed by atoms with Gasteiger partial charge in [-0.1, -0.05) is 18.2 Å². The molecule has 5 nitrogen and oxygen atoms in total. The molecule has 22 heavy (non-hydrogen) atoms. The number of carboxylic acids is 1. The molecule has 1 aromatic carbocycles. The highest BCUT2D eigenvalue weighted by Crippen LogP contribution is 2.29. The molecule has 0 saturated heterocycles. The van der Waals surface area contributed by atoms with Crippen molar-refractivity contribution in [2.75, 3.05) is 0 Å². The zero-order valence-corrected chi connectivity index (χ0v) is 13.3. The van der Waals surface area contributed by atoms with Gasteiger partial charge in [-0.25, -0.2) is 9.78 Å². The lowest BCUT2D eigenvalue weighted by Crippen LogP contribution is -2.01. The molecule has 0 atom stereocenters. The van der Waals surface area contributed by atoms with E-state index in [1.54, 1.807) is 16.8 Å². The Morgan fingerprint density at radius 1 is 1.23 bits per heavy atom. The van der Waals surface area contributed by atoms with Crippen molar-refractivity contribution in [3.63, 3.8) is 0 Å². The quantitative estimate of drug-likeness (QED) is 0.787.